The van der Waals surface area contributed by atoms with Crippen molar-refractivity contribution in [2.75, 3.05) is 25.0 Å². The zero-order valence-electron chi connectivity index (χ0n) is 17.7. The maximum atomic E-state index is 14.2. The van der Waals surface area contributed by atoms with Gasteiger partial charge in [-0.3, -0.25) is 9.69 Å². The number of amides is 3. The van der Waals surface area contributed by atoms with Crippen LogP contribution < -0.4 is 4.90 Å². The van der Waals surface area contributed by atoms with Crippen LogP contribution in [0.2, 0.25) is 0 Å². The number of fused-ring (bicyclic) bond motifs is 3. The first-order chi connectivity index (χ1) is 14.9. The highest BCUT2D eigenvalue weighted by atomic mass is 19.1. The van der Waals surface area contributed by atoms with Gasteiger partial charge in [0.25, 0.3) is 5.91 Å². The molecule has 2 saturated heterocycles. The van der Waals surface area contributed by atoms with E-state index in [0.717, 1.165) is 21.7 Å². The number of urea groups is 1. The maximum absolute atomic E-state index is 14.2. The van der Waals surface area contributed by atoms with Crippen molar-refractivity contribution in [1.29, 1.82) is 0 Å². The van der Waals surface area contributed by atoms with E-state index in [1.165, 1.54) is 11.0 Å². The molecule has 3 amide bonds. The minimum Gasteiger partial charge on any atom is -0.325 e. The van der Waals surface area contributed by atoms with Crippen LogP contribution in [-0.2, 0) is 11.3 Å². The van der Waals surface area contributed by atoms with E-state index in [9.17, 15) is 14.0 Å². The molecule has 2 aromatic rings. The highest BCUT2D eigenvalue weighted by molar-refractivity contribution is 6.08. The third kappa shape index (κ3) is 2.97. The van der Waals surface area contributed by atoms with Crippen LogP contribution >= 0.6 is 0 Å². The molecular weight excluding hydrogens is 397 g/mol. The molecule has 0 saturated carbocycles. The summed E-state index contributed by atoms with van der Waals surface area (Å²) in [5, 5.41) is 0. The molecule has 2 unspecified atom stereocenters. The third-order valence-corrected chi connectivity index (χ3v) is 6.32. The van der Waals surface area contributed by atoms with E-state index in [4.69, 9.17) is 4.99 Å². The summed E-state index contributed by atoms with van der Waals surface area (Å²) in [6.07, 6.45) is -0.584. The minimum atomic E-state index is -0.598. The fourth-order valence-electron chi connectivity index (χ4n) is 4.62. The zero-order valence-corrected chi connectivity index (χ0v) is 17.7. The SMILES string of the molecule is Cc1ccc(C)c(N2CCN3C2=NC2C3C(=O)N(Cc3ccccc3F)C(=O)N2C)c1. The average Bonchev–Trinajstić information content (AvgIpc) is 3.32. The van der Waals surface area contributed by atoms with Gasteiger partial charge in [-0.15, -0.1) is 0 Å². The third-order valence-electron chi connectivity index (χ3n) is 6.32. The molecule has 3 aliphatic rings. The van der Waals surface area contributed by atoms with Crippen molar-refractivity contribution < 1.29 is 14.0 Å². The van der Waals surface area contributed by atoms with Gasteiger partial charge >= 0.3 is 6.03 Å². The Labute approximate surface area is 180 Å². The number of rotatable bonds is 3. The second-order valence-electron chi connectivity index (χ2n) is 8.33. The fourth-order valence-corrected chi connectivity index (χ4v) is 4.62. The molecule has 2 atom stereocenters. The van der Waals surface area contributed by atoms with Gasteiger partial charge in [-0.1, -0.05) is 30.3 Å². The molecule has 0 aliphatic carbocycles. The second-order valence-corrected chi connectivity index (χ2v) is 8.33. The van der Waals surface area contributed by atoms with Crippen LogP contribution in [0.3, 0.4) is 0 Å². The van der Waals surface area contributed by atoms with E-state index in [-0.39, 0.29) is 12.5 Å². The van der Waals surface area contributed by atoms with Gasteiger partial charge in [0.1, 0.15) is 5.82 Å². The van der Waals surface area contributed by atoms with Crippen LogP contribution in [0.15, 0.2) is 47.5 Å². The van der Waals surface area contributed by atoms with Crippen molar-refractivity contribution in [2.24, 2.45) is 4.99 Å². The predicted molar refractivity (Wildman–Crippen MR) is 115 cm³/mol. The van der Waals surface area contributed by atoms with Crippen LogP contribution in [0.25, 0.3) is 0 Å². The maximum Gasteiger partial charge on any atom is 0.328 e. The normalized spacial score (nSPS) is 22.8. The largest absolute Gasteiger partial charge is 0.328 e. The van der Waals surface area contributed by atoms with Gasteiger partial charge in [0.05, 0.1) is 6.54 Å². The molecule has 0 aromatic heterocycles. The molecule has 0 N–H and O–H groups in total. The van der Waals surface area contributed by atoms with Gasteiger partial charge in [-0.05, 0) is 37.1 Å². The second kappa shape index (κ2) is 7.08. The summed E-state index contributed by atoms with van der Waals surface area (Å²) in [6.45, 7) is 5.35. The standard InChI is InChI=1S/C23H24FN5O2/c1-14-8-9-15(2)18(12-14)27-10-11-28-19-20(25-22(27)28)26(3)23(31)29(21(19)30)13-16-6-4-5-7-17(16)24/h4-9,12,19-20H,10-11,13H2,1-3H3. The average molecular weight is 421 g/mol. The number of carbonyl (C=O) groups is 2. The van der Waals surface area contributed by atoms with Gasteiger partial charge < -0.3 is 14.7 Å². The summed E-state index contributed by atoms with van der Waals surface area (Å²) in [6, 6.07) is 11.4. The molecule has 8 heteroatoms. The van der Waals surface area contributed by atoms with Crippen molar-refractivity contribution in [1.82, 2.24) is 14.7 Å². The number of likely N-dealkylation sites (N-methyl/N-ethyl adjacent to an activating group) is 1. The van der Waals surface area contributed by atoms with Crippen molar-refractivity contribution in [2.45, 2.75) is 32.6 Å². The van der Waals surface area contributed by atoms with Gasteiger partial charge in [0.2, 0.25) is 5.96 Å². The molecule has 0 radical (unpaired) electrons. The molecule has 3 heterocycles. The molecule has 0 bridgehead atoms. The number of aryl methyl sites for hydroxylation is 2. The van der Waals surface area contributed by atoms with E-state index in [1.807, 2.05) is 11.8 Å². The first-order valence-corrected chi connectivity index (χ1v) is 10.4. The van der Waals surface area contributed by atoms with Crippen molar-refractivity contribution in [3.8, 4) is 0 Å². The van der Waals surface area contributed by atoms with E-state index in [1.54, 1.807) is 25.2 Å². The molecule has 31 heavy (non-hydrogen) atoms. The van der Waals surface area contributed by atoms with E-state index < -0.39 is 24.1 Å². The lowest BCUT2D eigenvalue weighted by Crippen LogP contribution is -2.64. The highest BCUT2D eigenvalue weighted by Gasteiger charge is 2.54. The van der Waals surface area contributed by atoms with Crippen LogP contribution in [0, 0.1) is 19.7 Å². The van der Waals surface area contributed by atoms with Crippen molar-refractivity contribution >= 4 is 23.6 Å². The van der Waals surface area contributed by atoms with E-state index in [2.05, 4.69) is 30.0 Å². The molecule has 7 nitrogen and oxygen atoms in total. The number of aliphatic imine (C=N–C) groups is 1. The minimum absolute atomic E-state index is 0.0955. The van der Waals surface area contributed by atoms with E-state index in [0.29, 0.717) is 24.6 Å². The molecule has 0 spiro atoms. The Kier molecular flexibility index (Phi) is 4.46. The predicted octanol–water partition coefficient (Wildman–Crippen LogP) is 2.72. The lowest BCUT2D eigenvalue weighted by Gasteiger charge is -2.40. The molecule has 160 valence electrons. The number of hydrogen-bond donors (Lipinski definition) is 0. The number of benzene rings is 2. The lowest BCUT2D eigenvalue weighted by atomic mass is 10.1. The number of nitrogens with zero attached hydrogens (tertiary/aromatic N) is 5. The quantitative estimate of drug-likeness (QED) is 0.765. The Balaban J connectivity index is 1.47. The number of guanidine groups is 1. The van der Waals surface area contributed by atoms with Gasteiger partial charge in [-0.2, -0.15) is 0 Å². The van der Waals surface area contributed by atoms with Crippen LogP contribution in [0.1, 0.15) is 16.7 Å². The molecule has 3 aliphatic heterocycles. The molecular formula is C23H24FN5O2. The molecule has 5 rings (SSSR count). The summed E-state index contributed by atoms with van der Waals surface area (Å²) in [5.41, 5.74) is 3.65. The zero-order chi connectivity index (χ0) is 21.9. The summed E-state index contributed by atoms with van der Waals surface area (Å²) in [5.74, 6) is -0.0548. The Morgan fingerprint density at radius 1 is 1.10 bits per heavy atom. The number of halogens is 1. The summed E-state index contributed by atoms with van der Waals surface area (Å²) >= 11 is 0. The van der Waals surface area contributed by atoms with Gasteiger partial charge in [-0.25, -0.2) is 14.2 Å². The number of carbonyl (C=O) groups excluding carboxylic acids is 2. The number of hydrogen-bond acceptors (Lipinski definition) is 5. The highest BCUT2D eigenvalue weighted by Crippen LogP contribution is 2.35. The van der Waals surface area contributed by atoms with Crippen molar-refractivity contribution in [3.05, 3.63) is 65.0 Å². The Morgan fingerprint density at radius 3 is 2.65 bits per heavy atom. The molecule has 2 fully saturated rings. The first-order valence-electron chi connectivity index (χ1n) is 10.4. The van der Waals surface area contributed by atoms with Crippen LogP contribution in [-0.4, -0.2) is 64.9 Å². The van der Waals surface area contributed by atoms with Crippen molar-refractivity contribution in [3.63, 3.8) is 0 Å². The first kappa shape index (κ1) is 19.5. The summed E-state index contributed by atoms with van der Waals surface area (Å²) in [4.78, 5) is 37.9. The Hall–Kier alpha value is -3.42. The lowest BCUT2D eigenvalue weighted by molar-refractivity contribution is -0.137. The number of imide groups is 1. The van der Waals surface area contributed by atoms with E-state index >= 15 is 0 Å². The van der Waals surface area contributed by atoms with Gasteiger partial charge in [0.15, 0.2) is 12.2 Å². The molecule has 2 aromatic carbocycles. The van der Waals surface area contributed by atoms with Crippen LogP contribution in [0.5, 0.6) is 0 Å². The number of anilines is 1. The fraction of sp³-hybridized carbons (Fsp3) is 0.348. The monoisotopic (exact) mass is 421 g/mol. The smallest absolute Gasteiger partial charge is 0.325 e. The summed E-state index contributed by atoms with van der Waals surface area (Å²) in [7, 11) is 1.65. The summed E-state index contributed by atoms with van der Waals surface area (Å²) < 4.78 is 14.2. The van der Waals surface area contributed by atoms with Gasteiger partial charge in [0, 0.05) is 31.4 Å². The Bertz CT molecular complexity index is 1120. The topological polar surface area (TPSA) is 59.5 Å². The Morgan fingerprint density at radius 2 is 1.87 bits per heavy atom. The van der Waals surface area contributed by atoms with Crippen LogP contribution in [0.4, 0.5) is 14.9 Å².